The van der Waals surface area contributed by atoms with Crippen LogP contribution in [0.1, 0.15) is 11.3 Å². The minimum atomic E-state index is 0.854. The molecule has 2 nitrogen and oxygen atoms in total. The average Bonchev–Trinajstić information content (AvgIpc) is 2.30. The molecule has 0 saturated heterocycles. The molecule has 1 N–H and O–H groups in total. The second-order valence-electron chi connectivity index (χ2n) is 3.80. The van der Waals surface area contributed by atoms with Crippen molar-refractivity contribution in [3.05, 3.63) is 50.5 Å². The summed E-state index contributed by atoms with van der Waals surface area (Å²) in [6, 6.07) is 10.0. The lowest BCUT2D eigenvalue weighted by atomic mass is 10.2. The summed E-state index contributed by atoms with van der Waals surface area (Å²) in [7, 11) is 0. The molecule has 0 saturated carbocycles. The number of nitrogens with zero attached hydrogens (tertiary/aromatic N) is 1. The fourth-order valence-electron chi connectivity index (χ4n) is 1.49. The molecule has 4 heteroatoms. The summed E-state index contributed by atoms with van der Waals surface area (Å²) in [5.74, 6) is 0.854. The van der Waals surface area contributed by atoms with Crippen molar-refractivity contribution in [1.82, 2.24) is 4.98 Å². The first-order chi connectivity index (χ1) is 8.08. The lowest BCUT2D eigenvalue weighted by Gasteiger charge is -2.10. The van der Waals surface area contributed by atoms with E-state index in [0.29, 0.717) is 0 Å². The Bertz CT molecular complexity index is 553. The van der Waals surface area contributed by atoms with Gasteiger partial charge >= 0.3 is 0 Å². The molecule has 0 amide bonds. The average molecular weight is 356 g/mol. The van der Waals surface area contributed by atoms with Crippen molar-refractivity contribution in [2.24, 2.45) is 0 Å². The highest BCUT2D eigenvalue weighted by Crippen LogP contribution is 2.26. The minimum absolute atomic E-state index is 0.854. The SMILES string of the molecule is Cc1nc(Nc2cccc(Br)c2C)ccc1Br. The number of aryl methyl sites for hydroxylation is 1. The molecule has 0 atom stereocenters. The molecule has 2 aromatic rings. The highest BCUT2D eigenvalue weighted by molar-refractivity contribution is 9.10. The van der Waals surface area contributed by atoms with Crippen molar-refractivity contribution in [2.45, 2.75) is 13.8 Å². The van der Waals surface area contributed by atoms with E-state index in [1.165, 1.54) is 5.56 Å². The lowest BCUT2D eigenvalue weighted by Crippen LogP contribution is -1.97. The summed E-state index contributed by atoms with van der Waals surface area (Å²) in [6.07, 6.45) is 0. The molecule has 0 unspecified atom stereocenters. The topological polar surface area (TPSA) is 24.9 Å². The number of benzene rings is 1. The van der Waals surface area contributed by atoms with Crippen LogP contribution in [0.3, 0.4) is 0 Å². The van der Waals surface area contributed by atoms with Gasteiger partial charge in [-0.3, -0.25) is 0 Å². The Labute approximate surface area is 118 Å². The van der Waals surface area contributed by atoms with E-state index in [0.717, 1.165) is 26.1 Å². The van der Waals surface area contributed by atoms with E-state index in [9.17, 15) is 0 Å². The molecule has 1 aromatic carbocycles. The van der Waals surface area contributed by atoms with E-state index in [2.05, 4.69) is 49.1 Å². The minimum Gasteiger partial charge on any atom is -0.340 e. The Balaban J connectivity index is 2.31. The first-order valence-electron chi connectivity index (χ1n) is 5.23. The van der Waals surface area contributed by atoms with Crippen molar-refractivity contribution >= 4 is 43.4 Å². The molecular weight excluding hydrogens is 344 g/mol. The number of anilines is 2. The highest BCUT2D eigenvalue weighted by Gasteiger charge is 2.04. The summed E-state index contributed by atoms with van der Waals surface area (Å²) >= 11 is 6.96. The van der Waals surface area contributed by atoms with Crippen LogP contribution >= 0.6 is 31.9 Å². The summed E-state index contributed by atoms with van der Waals surface area (Å²) < 4.78 is 2.12. The van der Waals surface area contributed by atoms with Crippen LogP contribution in [0.15, 0.2) is 39.3 Å². The molecule has 88 valence electrons. The van der Waals surface area contributed by atoms with Crippen LogP contribution in [0, 0.1) is 13.8 Å². The molecule has 1 heterocycles. The standard InChI is InChI=1S/C13H12Br2N2/c1-8-10(14)4-3-5-12(8)17-13-7-6-11(15)9(2)16-13/h3-7H,1-2H3,(H,16,17). The van der Waals surface area contributed by atoms with Crippen LogP contribution in [-0.2, 0) is 0 Å². The first kappa shape index (κ1) is 12.6. The van der Waals surface area contributed by atoms with Gasteiger partial charge in [0.1, 0.15) is 5.82 Å². The Morgan fingerprint density at radius 2 is 1.76 bits per heavy atom. The molecule has 0 spiro atoms. The molecule has 0 aliphatic heterocycles. The van der Waals surface area contributed by atoms with Crippen LogP contribution < -0.4 is 5.32 Å². The van der Waals surface area contributed by atoms with Crippen LogP contribution in [0.4, 0.5) is 11.5 Å². The highest BCUT2D eigenvalue weighted by atomic mass is 79.9. The molecule has 0 radical (unpaired) electrons. The maximum atomic E-state index is 4.47. The number of pyridine rings is 1. The van der Waals surface area contributed by atoms with Gasteiger partial charge in [-0.25, -0.2) is 4.98 Å². The zero-order valence-electron chi connectivity index (χ0n) is 9.59. The largest absolute Gasteiger partial charge is 0.340 e. The van der Waals surface area contributed by atoms with E-state index in [-0.39, 0.29) is 0 Å². The summed E-state index contributed by atoms with van der Waals surface area (Å²) in [4.78, 5) is 4.47. The van der Waals surface area contributed by atoms with Gasteiger partial charge in [-0.1, -0.05) is 22.0 Å². The third-order valence-electron chi connectivity index (χ3n) is 2.55. The van der Waals surface area contributed by atoms with Crippen LogP contribution in [0.5, 0.6) is 0 Å². The van der Waals surface area contributed by atoms with Gasteiger partial charge in [0.05, 0.1) is 5.69 Å². The van der Waals surface area contributed by atoms with Gasteiger partial charge in [0.25, 0.3) is 0 Å². The van der Waals surface area contributed by atoms with Gasteiger partial charge in [-0.05, 0) is 59.6 Å². The third kappa shape index (κ3) is 2.87. The fourth-order valence-corrected chi connectivity index (χ4v) is 2.08. The Morgan fingerprint density at radius 1 is 1.00 bits per heavy atom. The number of hydrogen-bond acceptors (Lipinski definition) is 2. The van der Waals surface area contributed by atoms with E-state index in [1.54, 1.807) is 0 Å². The van der Waals surface area contributed by atoms with Gasteiger partial charge in [-0.2, -0.15) is 0 Å². The molecule has 0 aliphatic rings. The van der Waals surface area contributed by atoms with Crippen LogP contribution in [0.25, 0.3) is 0 Å². The van der Waals surface area contributed by atoms with Gasteiger partial charge in [0.15, 0.2) is 0 Å². The molecule has 0 bridgehead atoms. The maximum Gasteiger partial charge on any atom is 0.130 e. The lowest BCUT2D eigenvalue weighted by molar-refractivity contribution is 1.18. The van der Waals surface area contributed by atoms with Gasteiger partial charge in [-0.15, -0.1) is 0 Å². The van der Waals surface area contributed by atoms with E-state index >= 15 is 0 Å². The van der Waals surface area contributed by atoms with Crippen molar-refractivity contribution in [3.8, 4) is 0 Å². The molecule has 0 aliphatic carbocycles. The molecule has 1 aromatic heterocycles. The Hall–Kier alpha value is -0.870. The number of rotatable bonds is 2. The quantitative estimate of drug-likeness (QED) is 0.822. The predicted molar refractivity (Wildman–Crippen MR) is 78.8 cm³/mol. The summed E-state index contributed by atoms with van der Waals surface area (Å²) in [5.41, 5.74) is 3.21. The zero-order chi connectivity index (χ0) is 12.4. The summed E-state index contributed by atoms with van der Waals surface area (Å²) in [6.45, 7) is 4.04. The first-order valence-corrected chi connectivity index (χ1v) is 6.82. The second-order valence-corrected chi connectivity index (χ2v) is 5.51. The number of halogens is 2. The van der Waals surface area contributed by atoms with Gasteiger partial charge in [0.2, 0.25) is 0 Å². The van der Waals surface area contributed by atoms with Crippen molar-refractivity contribution in [1.29, 1.82) is 0 Å². The van der Waals surface area contributed by atoms with Crippen molar-refractivity contribution in [2.75, 3.05) is 5.32 Å². The number of nitrogens with one attached hydrogen (secondary N) is 1. The van der Waals surface area contributed by atoms with E-state index in [1.807, 2.05) is 37.3 Å². The monoisotopic (exact) mass is 354 g/mol. The fraction of sp³-hybridized carbons (Fsp3) is 0.154. The number of aromatic nitrogens is 1. The molecule has 2 rings (SSSR count). The summed E-state index contributed by atoms with van der Waals surface area (Å²) in [5, 5.41) is 3.32. The molecule has 17 heavy (non-hydrogen) atoms. The maximum absolute atomic E-state index is 4.47. The normalized spacial score (nSPS) is 10.4. The van der Waals surface area contributed by atoms with Gasteiger partial charge in [0, 0.05) is 14.6 Å². The second kappa shape index (κ2) is 5.19. The van der Waals surface area contributed by atoms with Crippen LogP contribution in [-0.4, -0.2) is 4.98 Å². The molecule has 0 fully saturated rings. The Morgan fingerprint density at radius 3 is 2.47 bits per heavy atom. The molecular formula is C13H12Br2N2. The zero-order valence-corrected chi connectivity index (χ0v) is 12.8. The predicted octanol–water partition coefficient (Wildman–Crippen LogP) is 4.97. The Kier molecular flexibility index (Phi) is 3.84. The van der Waals surface area contributed by atoms with E-state index in [4.69, 9.17) is 0 Å². The van der Waals surface area contributed by atoms with Crippen LogP contribution in [0.2, 0.25) is 0 Å². The smallest absolute Gasteiger partial charge is 0.130 e. The van der Waals surface area contributed by atoms with Crippen molar-refractivity contribution in [3.63, 3.8) is 0 Å². The third-order valence-corrected chi connectivity index (χ3v) is 4.25. The van der Waals surface area contributed by atoms with Crippen molar-refractivity contribution < 1.29 is 0 Å². The number of hydrogen-bond donors (Lipinski definition) is 1. The van der Waals surface area contributed by atoms with E-state index < -0.39 is 0 Å². The van der Waals surface area contributed by atoms with Gasteiger partial charge < -0.3 is 5.32 Å².